The number of aromatic nitrogens is 4. The third kappa shape index (κ3) is 2.12. The van der Waals surface area contributed by atoms with Crippen molar-refractivity contribution in [2.45, 2.75) is 12.8 Å². The molecule has 5 nitrogen and oxygen atoms in total. The van der Waals surface area contributed by atoms with Crippen LogP contribution < -0.4 is 0 Å². The molecular formula is C10H12N4O. The van der Waals surface area contributed by atoms with E-state index in [1.807, 2.05) is 17.8 Å². The lowest BCUT2D eigenvalue weighted by atomic mass is 10.2. The highest BCUT2D eigenvalue weighted by Crippen LogP contribution is 2.03. The number of hydrogen-bond donors (Lipinski definition) is 1. The zero-order valence-corrected chi connectivity index (χ0v) is 8.47. The Kier molecular flexibility index (Phi) is 2.62. The van der Waals surface area contributed by atoms with Crippen LogP contribution in [-0.2, 0) is 13.5 Å². The molecule has 0 saturated carbocycles. The molecule has 0 aliphatic carbocycles. The van der Waals surface area contributed by atoms with Crippen LogP contribution >= 0.6 is 0 Å². The second-order valence-electron chi connectivity index (χ2n) is 3.32. The predicted molar refractivity (Wildman–Crippen MR) is 54.4 cm³/mol. The fourth-order valence-corrected chi connectivity index (χ4v) is 1.40. The van der Waals surface area contributed by atoms with Gasteiger partial charge in [0.05, 0.1) is 0 Å². The number of aromatic amines is 1. The zero-order valence-electron chi connectivity index (χ0n) is 8.47. The summed E-state index contributed by atoms with van der Waals surface area (Å²) in [6.07, 6.45) is 7.89. The molecule has 1 N–H and O–H groups in total. The molecule has 0 bridgehead atoms. The summed E-state index contributed by atoms with van der Waals surface area (Å²) in [5.74, 6) is 1.35. The number of rotatable bonds is 4. The summed E-state index contributed by atoms with van der Waals surface area (Å²) < 4.78 is 1.91. The number of carbonyl (C=O) groups excluding carboxylic acids is 1. The zero-order chi connectivity index (χ0) is 10.7. The number of ketones is 1. The van der Waals surface area contributed by atoms with Crippen molar-refractivity contribution in [2.75, 3.05) is 0 Å². The Balaban J connectivity index is 1.95. The summed E-state index contributed by atoms with van der Waals surface area (Å²) in [7, 11) is 1.92. The van der Waals surface area contributed by atoms with Gasteiger partial charge in [0, 0.05) is 44.7 Å². The van der Waals surface area contributed by atoms with Crippen molar-refractivity contribution in [3.63, 3.8) is 0 Å². The Labute approximate surface area is 87.2 Å². The Hall–Kier alpha value is -1.91. The average molecular weight is 204 g/mol. The molecule has 78 valence electrons. The largest absolute Gasteiger partial charge is 0.342 e. The van der Waals surface area contributed by atoms with Crippen molar-refractivity contribution in [3.8, 4) is 0 Å². The van der Waals surface area contributed by atoms with Gasteiger partial charge in [-0.05, 0) is 0 Å². The molecule has 0 atom stereocenters. The van der Waals surface area contributed by atoms with E-state index in [2.05, 4.69) is 15.0 Å². The standard InChI is InChI=1S/C10H12N4O/c1-14-7-6-11-9(14)3-2-8(15)10-12-4-5-13-10/h4-7H,2-3H2,1H3,(H,12,13). The third-order valence-corrected chi connectivity index (χ3v) is 2.26. The smallest absolute Gasteiger partial charge is 0.198 e. The molecule has 15 heavy (non-hydrogen) atoms. The van der Waals surface area contributed by atoms with Crippen molar-refractivity contribution < 1.29 is 4.79 Å². The van der Waals surface area contributed by atoms with Crippen LogP contribution in [0.5, 0.6) is 0 Å². The van der Waals surface area contributed by atoms with E-state index in [4.69, 9.17) is 0 Å². The van der Waals surface area contributed by atoms with Gasteiger partial charge in [-0.15, -0.1) is 0 Å². The number of aryl methyl sites for hydroxylation is 2. The Bertz CT molecular complexity index is 444. The number of nitrogens with zero attached hydrogens (tertiary/aromatic N) is 3. The van der Waals surface area contributed by atoms with Crippen molar-refractivity contribution >= 4 is 5.78 Å². The minimum atomic E-state index is 0.0167. The van der Waals surface area contributed by atoms with Gasteiger partial charge >= 0.3 is 0 Å². The molecule has 2 aromatic rings. The van der Waals surface area contributed by atoms with Gasteiger partial charge in [-0.2, -0.15) is 0 Å². The van der Waals surface area contributed by atoms with Crippen molar-refractivity contribution in [1.82, 2.24) is 19.5 Å². The molecule has 0 aliphatic heterocycles. The normalized spacial score (nSPS) is 10.5. The minimum Gasteiger partial charge on any atom is -0.342 e. The lowest BCUT2D eigenvalue weighted by Gasteiger charge is -1.99. The highest BCUT2D eigenvalue weighted by Gasteiger charge is 2.09. The number of hydrogen-bond acceptors (Lipinski definition) is 3. The molecule has 2 heterocycles. The van der Waals surface area contributed by atoms with Crippen LogP contribution in [-0.4, -0.2) is 25.3 Å². The summed E-state index contributed by atoms with van der Waals surface area (Å²) in [4.78, 5) is 22.4. The summed E-state index contributed by atoms with van der Waals surface area (Å²) in [5, 5.41) is 0. The molecule has 0 fully saturated rings. The van der Waals surface area contributed by atoms with Crippen LogP contribution in [0, 0.1) is 0 Å². The van der Waals surface area contributed by atoms with E-state index >= 15 is 0 Å². The van der Waals surface area contributed by atoms with Crippen molar-refractivity contribution in [2.24, 2.45) is 7.05 Å². The lowest BCUT2D eigenvalue weighted by molar-refractivity contribution is 0.0973. The second kappa shape index (κ2) is 4.08. The Morgan fingerprint density at radius 3 is 2.93 bits per heavy atom. The number of nitrogens with one attached hydrogen (secondary N) is 1. The van der Waals surface area contributed by atoms with E-state index in [1.165, 1.54) is 0 Å². The Morgan fingerprint density at radius 1 is 1.47 bits per heavy atom. The quantitative estimate of drug-likeness (QED) is 0.754. The van der Waals surface area contributed by atoms with Gasteiger partial charge in [0.15, 0.2) is 11.6 Å². The summed E-state index contributed by atoms with van der Waals surface area (Å²) >= 11 is 0. The van der Waals surface area contributed by atoms with Crippen molar-refractivity contribution in [1.29, 1.82) is 0 Å². The van der Waals surface area contributed by atoms with Crippen molar-refractivity contribution in [3.05, 3.63) is 36.4 Å². The van der Waals surface area contributed by atoms with Gasteiger partial charge in [-0.3, -0.25) is 4.79 Å². The van der Waals surface area contributed by atoms with Crippen LogP contribution in [0.4, 0.5) is 0 Å². The molecule has 0 spiro atoms. The minimum absolute atomic E-state index is 0.0167. The summed E-state index contributed by atoms with van der Waals surface area (Å²) in [6.45, 7) is 0. The molecule has 0 aromatic carbocycles. The van der Waals surface area contributed by atoms with E-state index < -0.39 is 0 Å². The van der Waals surface area contributed by atoms with Crippen LogP contribution in [0.25, 0.3) is 0 Å². The first-order valence-corrected chi connectivity index (χ1v) is 4.76. The maximum absolute atomic E-state index is 11.6. The molecule has 0 unspecified atom stereocenters. The number of H-pyrrole nitrogens is 1. The van der Waals surface area contributed by atoms with E-state index in [0.29, 0.717) is 18.7 Å². The fraction of sp³-hybridized carbons (Fsp3) is 0.300. The maximum atomic E-state index is 11.6. The first kappa shape index (κ1) is 9.64. The van der Waals surface area contributed by atoms with E-state index in [-0.39, 0.29) is 5.78 Å². The van der Waals surface area contributed by atoms with Gasteiger partial charge < -0.3 is 9.55 Å². The second-order valence-corrected chi connectivity index (χ2v) is 3.32. The molecule has 0 saturated heterocycles. The van der Waals surface area contributed by atoms with E-state index in [1.54, 1.807) is 18.6 Å². The van der Waals surface area contributed by atoms with Crippen LogP contribution in [0.1, 0.15) is 22.9 Å². The highest BCUT2D eigenvalue weighted by atomic mass is 16.1. The van der Waals surface area contributed by atoms with Gasteiger partial charge in [-0.25, -0.2) is 9.97 Å². The van der Waals surface area contributed by atoms with Gasteiger partial charge in [-0.1, -0.05) is 0 Å². The first-order chi connectivity index (χ1) is 7.27. The summed E-state index contributed by atoms with van der Waals surface area (Å²) in [5.41, 5.74) is 0. The SMILES string of the molecule is Cn1ccnc1CCC(=O)c1ncc[nH]1. The molecule has 2 aromatic heterocycles. The van der Waals surface area contributed by atoms with Gasteiger partial charge in [0.2, 0.25) is 0 Å². The highest BCUT2D eigenvalue weighted by molar-refractivity contribution is 5.92. The van der Waals surface area contributed by atoms with E-state index in [0.717, 1.165) is 5.82 Å². The molecule has 0 radical (unpaired) electrons. The molecule has 5 heteroatoms. The first-order valence-electron chi connectivity index (χ1n) is 4.76. The molecular weight excluding hydrogens is 192 g/mol. The number of imidazole rings is 2. The molecule has 2 rings (SSSR count). The van der Waals surface area contributed by atoms with E-state index in [9.17, 15) is 4.79 Å². The average Bonchev–Trinajstić information content (AvgIpc) is 2.85. The summed E-state index contributed by atoms with van der Waals surface area (Å²) in [6, 6.07) is 0. The third-order valence-electron chi connectivity index (χ3n) is 2.26. The maximum Gasteiger partial charge on any atom is 0.198 e. The lowest BCUT2D eigenvalue weighted by Crippen LogP contribution is -2.06. The number of carbonyl (C=O) groups is 1. The molecule has 0 amide bonds. The predicted octanol–water partition coefficient (Wildman–Crippen LogP) is 0.959. The van der Waals surface area contributed by atoms with Crippen LogP contribution in [0.15, 0.2) is 24.8 Å². The monoisotopic (exact) mass is 204 g/mol. The topological polar surface area (TPSA) is 63.6 Å². The molecule has 0 aliphatic rings. The van der Waals surface area contributed by atoms with Gasteiger partial charge in [0.1, 0.15) is 5.82 Å². The fourth-order valence-electron chi connectivity index (χ4n) is 1.40. The number of Topliss-reactive ketones (excluding diaryl/α,β-unsaturated/α-hetero) is 1. The van der Waals surface area contributed by atoms with Crippen LogP contribution in [0.3, 0.4) is 0 Å². The Morgan fingerprint density at radius 2 is 2.33 bits per heavy atom. The van der Waals surface area contributed by atoms with Crippen LogP contribution in [0.2, 0.25) is 0 Å². The van der Waals surface area contributed by atoms with Gasteiger partial charge in [0.25, 0.3) is 0 Å².